The number of hydrogen-bond acceptors (Lipinski definition) is 4. The first-order valence-electron chi connectivity index (χ1n) is 9.92. The maximum absolute atomic E-state index is 14.0. The van der Waals surface area contributed by atoms with E-state index in [1.807, 2.05) is 43.3 Å². The largest absolute Gasteiger partial charge is 0.382 e. The van der Waals surface area contributed by atoms with E-state index in [9.17, 15) is 9.18 Å². The van der Waals surface area contributed by atoms with Crippen molar-refractivity contribution in [2.75, 3.05) is 16.4 Å². The second kappa shape index (κ2) is 8.45. The number of benzene rings is 3. The first-order chi connectivity index (χ1) is 15.0. The summed E-state index contributed by atoms with van der Waals surface area (Å²) in [6, 6.07) is 15.4. The molecule has 0 unspecified atom stereocenters. The molecule has 0 saturated carbocycles. The predicted molar refractivity (Wildman–Crippen MR) is 122 cm³/mol. The number of nitrogens with zero attached hydrogens (tertiary/aromatic N) is 1. The van der Waals surface area contributed by atoms with Crippen LogP contribution in [0.15, 0.2) is 54.6 Å². The average Bonchev–Trinajstić information content (AvgIpc) is 3.16. The summed E-state index contributed by atoms with van der Waals surface area (Å²) in [4.78, 5) is 12.5. The van der Waals surface area contributed by atoms with Gasteiger partial charge in [0.1, 0.15) is 5.82 Å². The van der Waals surface area contributed by atoms with Crippen molar-refractivity contribution in [3.63, 3.8) is 0 Å². The van der Waals surface area contributed by atoms with Crippen molar-refractivity contribution in [2.24, 2.45) is 5.73 Å². The third kappa shape index (κ3) is 4.06. The number of aryl methyl sites for hydroxylation is 1. The van der Waals surface area contributed by atoms with Crippen LogP contribution in [-0.4, -0.2) is 16.2 Å². The van der Waals surface area contributed by atoms with Gasteiger partial charge in [0.2, 0.25) is 0 Å². The number of nitrogen functional groups attached to an aromatic ring is 1. The Kier molecular flexibility index (Phi) is 5.55. The van der Waals surface area contributed by atoms with Crippen LogP contribution in [0, 0.1) is 5.82 Å². The first kappa shape index (κ1) is 20.4. The minimum Gasteiger partial charge on any atom is -0.382 e. The van der Waals surface area contributed by atoms with Crippen LogP contribution in [0.3, 0.4) is 0 Å². The standard InChI is InChI=1S/C23H23FN6O/c1-2-14-11-15(16-4-3-5-19-21(16)22(26)30-29-19)7-9-18(14)27-23(31)28-20-10-13(12-25)6-8-17(20)24/h3-11H,2,12,25H2,1H3,(H3,26,29,30)(H2,27,28,31). The number of carbonyl (C=O) groups excluding carboxylic acids is 1. The summed E-state index contributed by atoms with van der Waals surface area (Å²) >= 11 is 0. The number of carbonyl (C=O) groups is 1. The zero-order valence-corrected chi connectivity index (χ0v) is 17.0. The van der Waals surface area contributed by atoms with Gasteiger partial charge in [-0.3, -0.25) is 5.10 Å². The summed E-state index contributed by atoms with van der Waals surface area (Å²) in [5, 5.41) is 13.2. The van der Waals surface area contributed by atoms with Crippen molar-refractivity contribution < 1.29 is 9.18 Å². The van der Waals surface area contributed by atoms with Crippen LogP contribution in [0.4, 0.5) is 26.4 Å². The molecule has 4 rings (SSSR count). The minimum absolute atomic E-state index is 0.0808. The summed E-state index contributed by atoms with van der Waals surface area (Å²) in [7, 11) is 0. The number of aromatic amines is 1. The first-order valence-corrected chi connectivity index (χ1v) is 9.92. The molecule has 158 valence electrons. The van der Waals surface area contributed by atoms with Crippen molar-refractivity contribution in [1.82, 2.24) is 10.2 Å². The number of halogens is 1. The van der Waals surface area contributed by atoms with Crippen molar-refractivity contribution in [3.8, 4) is 11.1 Å². The molecule has 1 heterocycles. The highest BCUT2D eigenvalue weighted by atomic mass is 19.1. The molecule has 8 heteroatoms. The number of urea groups is 1. The van der Waals surface area contributed by atoms with E-state index in [-0.39, 0.29) is 12.2 Å². The van der Waals surface area contributed by atoms with E-state index in [1.165, 1.54) is 12.1 Å². The Morgan fingerprint density at radius 1 is 1.10 bits per heavy atom. The molecule has 3 aromatic carbocycles. The van der Waals surface area contributed by atoms with Gasteiger partial charge < -0.3 is 22.1 Å². The summed E-state index contributed by atoms with van der Waals surface area (Å²) in [5.41, 5.74) is 16.8. The van der Waals surface area contributed by atoms with E-state index in [4.69, 9.17) is 11.5 Å². The van der Waals surface area contributed by atoms with E-state index in [2.05, 4.69) is 20.8 Å². The number of nitrogens with one attached hydrogen (secondary N) is 3. The van der Waals surface area contributed by atoms with Gasteiger partial charge in [-0.2, -0.15) is 5.10 Å². The van der Waals surface area contributed by atoms with Crippen LogP contribution in [0.1, 0.15) is 18.1 Å². The van der Waals surface area contributed by atoms with Crippen LogP contribution in [0.25, 0.3) is 22.0 Å². The molecule has 0 atom stereocenters. The number of H-pyrrole nitrogens is 1. The lowest BCUT2D eigenvalue weighted by atomic mass is 9.97. The van der Waals surface area contributed by atoms with E-state index < -0.39 is 11.8 Å². The number of fused-ring (bicyclic) bond motifs is 1. The highest BCUT2D eigenvalue weighted by molar-refractivity contribution is 6.03. The normalized spacial score (nSPS) is 10.9. The van der Waals surface area contributed by atoms with Gasteiger partial charge in [0.25, 0.3) is 0 Å². The van der Waals surface area contributed by atoms with E-state index >= 15 is 0 Å². The van der Waals surface area contributed by atoms with Gasteiger partial charge in [-0.05, 0) is 59.0 Å². The Hall–Kier alpha value is -3.91. The number of anilines is 3. The van der Waals surface area contributed by atoms with Gasteiger partial charge in [-0.1, -0.05) is 31.2 Å². The Balaban J connectivity index is 1.60. The highest BCUT2D eigenvalue weighted by Gasteiger charge is 2.13. The molecule has 7 N–H and O–H groups in total. The van der Waals surface area contributed by atoms with Crippen molar-refractivity contribution in [2.45, 2.75) is 19.9 Å². The van der Waals surface area contributed by atoms with E-state index in [0.29, 0.717) is 17.9 Å². The maximum Gasteiger partial charge on any atom is 0.323 e. The quantitative estimate of drug-likeness (QED) is 0.325. The number of rotatable bonds is 5. The molecule has 2 amide bonds. The molecular weight excluding hydrogens is 395 g/mol. The minimum atomic E-state index is -0.531. The van der Waals surface area contributed by atoms with Crippen LogP contribution in [0.2, 0.25) is 0 Å². The van der Waals surface area contributed by atoms with Gasteiger partial charge in [0.05, 0.1) is 16.6 Å². The second-order valence-electron chi connectivity index (χ2n) is 7.16. The Labute approximate surface area is 178 Å². The average molecular weight is 418 g/mol. The summed E-state index contributed by atoms with van der Waals surface area (Å²) < 4.78 is 14.0. The summed E-state index contributed by atoms with van der Waals surface area (Å²) in [6.07, 6.45) is 0.692. The van der Waals surface area contributed by atoms with Crippen molar-refractivity contribution >= 4 is 34.1 Å². The SMILES string of the molecule is CCc1cc(-c2cccc3[nH]nc(N)c23)ccc1NC(=O)Nc1cc(CN)ccc1F. The Bertz CT molecular complexity index is 1270. The molecule has 0 spiro atoms. The molecule has 31 heavy (non-hydrogen) atoms. The van der Waals surface area contributed by atoms with Gasteiger partial charge in [0.15, 0.2) is 5.82 Å². The van der Waals surface area contributed by atoms with E-state index in [1.54, 1.807) is 6.07 Å². The monoisotopic (exact) mass is 418 g/mol. The molecule has 0 aliphatic heterocycles. The molecule has 0 aliphatic carbocycles. The van der Waals surface area contributed by atoms with Gasteiger partial charge in [-0.15, -0.1) is 0 Å². The van der Waals surface area contributed by atoms with Crippen LogP contribution in [0.5, 0.6) is 0 Å². The van der Waals surface area contributed by atoms with Crippen LogP contribution in [-0.2, 0) is 13.0 Å². The third-order valence-electron chi connectivity index (χ3n) is 5.18. The van der Waals surface area contributed by atoms with Gasteiger partial charge >= 0.3 is 6.03 Å². The third-order valence-corrected chi connectivity index (χ3v) is 5.18. The molecule has 4 aromatic rings. The van der Waals surface area contributed by atoms with Crippen LogP contribution >= 0.6 is 0 Å². The lowest BCUT2D eigenvalue weighted by Gasteiger charge is -2.14. The second-order valence-corrected chi connectivity index (χ2v) is 7.16. The number of nitrogens with two attached hydrogens (primary N) is 2. The molecule has 7 nitrogen and oxygen atoms in total. The molecule has 0 radical (unpaired) electrons. The predicted octanol–water partition coefficient (Wildman–Crippen LogP) is 4.62. The molecule has 0 aliphatic rings. The zero-order valence-electron chi connectivity index (χ0n) is 17.0. The lowest BCUT2D eigenvalue weighted by molar-refractivity contribution is 0.262. The van der Waals surface area contributed by atoms with Crippen molar-refractivity contribution in [1.29, 1.82) is 0 Å². The number of hydrogen-bond donors (Lipinski definition) is 5. The lowest BCUT2D eigenvalue weighted by Crippen LogP contribution is -2.21. The fourth-order valence-corrected chi connectivity index (χ4v) is 3.59. The Morgan fingerprint density at radius 2 is 1.90 bits per heavy atom. The van der Waals surface area contributed by atoms with E-state index in [0.717, 1.165) is 33.2 Å². The molecule has 0 saturated heterocycles. The van der Waals surface area contributed by atoms with Crippen LogP contribution < -0.4 is 22.1 Å². The number of aromatic nitrogens is 2. The summed E-state index contributed by atoms with van der Waals surface area (Å²) in [6.45, 7) is 2.26. The maximum atomic E-state index is 14.0. The van der Waals surface area contributed by atoms with Gasteiger partial charge in [-0.25, -0.2) is 9.18 Å². The molecule has 0 fully saturated rings. The Morgan fingerprint density at radius 3 is 2.68 bits per heavy atom. The smallest absolute Gasteiger partial charge is 0.323 e. The fraction of sp³-hybridized carbons (Fsp3) is 0.130. The highest BCUT2D eigenvalue weighted by Crippen LogP contribution is 2.33. The molecule has 1 aromatic heterocycles. The summed E-state index contributed by atoms with van der Waals surface area (Å²) in [5.74, 6) is -0.0869. The number of amides is 2. The topological polar surface area (TPSA) is 122 Å². The molecule has 0 bridgehead atoms. The molecular formula is C23H23FN6O. The fourth-order valence-electron chi connectivity index (χ4n) is 3.59. The van der Waals surface area contributed by atoms with Gasteiger partial charge in [0, 0.05) is 12.2 Å². The van der Waals surface area contributed by atoms with Crippen molar-refractivity contribution in [3.05, 3.63) is 71.5 Å². The zero-order chi connectivity index (χ0) is 22.0.